The summed E-state index contributed by atoms with van der Waals surface area (Å²) in [5.41, 5.74) is 9.39. The number of pyridine rings is 1. The summed E-state index contributed by atoms with van der Waals surface area (Å²) in [6.07, 6.45) is 0. The Morgan fingerprint density at radius 2 is 1.77 bits per heavy atom. The Kier molecular flexibility index (Phi) is 6.20. The number of anilines is 4. The number of benzene rings is 1. The van der Waals surface area contributed by atoms with Gasteiger partial charge in [0.15, 0.2) is 0 Å². The smallest absolute Gasteiger partial charge is 0.258 e. The fraction of sp³-hybridized carbons (Fsp3) is 0.478. The van der Waals surface area contributed by atoms with Gasteiger partial charge in [-0.1, -0.05) is 0 Å². The van der Waals surface area contributed by atoms with E-state index in [2.05, 4.69) is 34.3 Å². The quantitative estimate of drug-likeness (QED) is 0.560. The van der Waals surface area contributed by atoms with Crippen molar-refractivity contribution in [1.82, 2.24) is 4.98 Å². The summed E-state index contributed by atoms with van der Waals surface area (Å²) in [7, 11) is -1.11. The molecule has 0 radical (unpaired) electrons. The van der Waals surface area contributed by atoms with Gasteiger partial charge in [-0.3, -0.25) is 4.79 Å². The number of hydrogen-bond acceptors (Lipinski definition) is 6. The molecular formula is C23H33N5O2Si-. The van der Waals surface area contributed by atoms with E-state index in [4.69, 9.17) is 15.5 Å². The molecule has 0 saturated carbocycles. The second kappa shape index (κ2) is 8.88. The molecule has 7 nitrogen and oxygen atoms in total. The standard InChI is InChI=1S/C23H33N5O2Si/c1-17-14-21(25-22(15-17)28-6-10-30-11-7-28)26-23(29)19-5-4-18(24)16-20(19)27-8-12-31(2,3)13-9-27/h4-5,14-16H,6-13,24H2,1-3H3,(H,25,26,29)/q-1. The van der Waals surface area contributed by atoms with Gasteiger partial charge in [0, 0.05) is 18.8 Å². The first-order chi connectivity index (χ1) is 14.8. The Hall–Kier alpha value is -2.58. The van der Waals surface area contributed by atoms with E-state index in [1.165, 1.54) is 12.1 Å². The number of nitrogens with one attached hydrogen (secondary N) is 1. The number of rotatable bonds is 4. The van der Waals surface area contributed by atoms with Crippen LogP contribution in [0.3, 0.4) is 0 Å². The molecule has 0 aliphatic carbocycles. The number of aryl methyl sites for hydroxylation is 1. The summed E-state index contributed by atoms with van der Waals surface area (Å²) in [4.78, 5) is 22.5. The minimum Gasteiger partial charge on any atom is -0.399 e. The Bertz CT molecular complexity index is 949. The monoisotopic (exact) mass is 439 g/mol. The summed E-state index contributed by atoms with van der Waals surface area (Å²) in [6.45, 7) is 11.9. The van der Waals surface area contributed by atoms with Crippen molar-refractivity contribution in [2.24, 2.45) is 0 Å². The molecule has 1 aromatic carbocycles. The fourth-order valence-corrected chi connectivity index (χ4v) is 6.21. The first kappa shape index (κ1) is 21.6. The Morgan fingerprint density at radius 3 is 2.48 bits per heavy atom. The SMILES string of the molecule is Cc1cc(NC(=O)c2ccc(N)cc2N2CC[Si-](C)(C)CC2)nc(N2CCOCC2)c1. The number of aromatic nitrogens is 1. The molecule has 1 aromatic heterocycles. The fourth-order valence-electron chi connectivity index (χ4n) is 4.21. The molecule has 0 unspecified atom stereocenters. The normalized spacial score (nSPS) is 18.7. The summed E-state index contributed by atoms with van der Waals surface area (Å²) < 4.78 is 5.45. The average Bonchev–Trinajstić information content (AvgIpc) is 2.74. The third-order valence-electron chi connectivity index (χ3n) is 6.26. The van der Waals surface area contributed by atoms with Crippen LogP contribution in [-0.4, -0.2) is 58.4 Å². The molecular weight excluding hydrogens is 406 g/mol. The summed E-state index contributed by atoms with van der Waals surface area (Å²) in [6, 6.07) is 12.0. The van der Waals surface area contributed by atoms with E-state index in [9.17, 15) is 4.79 Å². The van der Waals surface area contributed by atoms with Gasteiger partial charge in [-0.2, -0.15) is 13.1 Å². The molecule has 2 aliphatic rings. The second-order valence-corrected chi connectivity index (χ2v) is 14.7. The van der Waals surface area contributed by atoms with Gasteiger partial charge in [0.25, 0.3) is 5.91 Å². The molecule has 0 spiro atoms. The van der Waals surface area contributed by atoms with Gasteiger partial charge in [-0.25, -0.2) is 4.98 Å². The van der Waals surface area contributed by atoms with E-state index in [0.717, 1.165) is 43.2 Å². The number of nitrogens with zero attached hydrogens (tertiary/aromatic N) is 3. The number of amides is 1. The number of nitrogen functional groups attached to an aromatic ring is 1. The maximum atomic E-state index is 13.3. The first-order valence-electron chi connectivity index (χ1n) is 11.1. The number of morpholine rings is 1. The topological polar surface area (TPSA) is 83.7 Å². The van der Waals surface area contributed by atoms with Crippen molar-refractivity contribution >= 4 is 37.0 Å². The van der Waals surface area contributed by atoms with Crippen molar-refractivity contribution in [3.8, 4) is 0 Å². The number of carbonyl (C=O) groups excluding carboxylic acids is 1. The minimum atomic E-state index is -1.11. The van der Waals surface area contributed by atoms with Crippen LogP contribution in [0.2, 0.25) is 25.2 Å². The molecule has 31 heavy (non-hydrogen) atoms. The number of ether oxygens (including phenoxy) is 1. The minimum absolute atomic E-state index is 0.150. The van der Waals surface area contributed by atoms with Gasteiger partial charge in [-0.05, 0) is 55.9 Å². The van der Waals surface area contributed by atoms with E-state index in [-0.39, 0.29) is 5.91 Å². The Morgan fingerprint density at radius 1 is 1.06 bits per heavy atom. The van der Waals surface area contributed by atoms with Gasteiger partial charge in [0.2, 0.25) is 0 Å². The highest BCUT2D eigenvalue weighted by Gasteiger charge is 2.23. The molecule has 2 aromatic rings. The average molecular weight is 440 g/mol. The maximum Gasteiger partial charge on any atom is 0.258 e. The highest BCUT2D eigenvalue weighted by molar-refractivity contribution is 6.77. The zero-order valence-corrected chi connectivity index (χ0v) is 19.8. The highest BCUT2D eigenvalue weighted by Crippen LogP contribution is 2.31. The second-order valence-electron chi connectivity index (χ2n) is 9.37. The molecule has 4 rings (SSSR count). The first-order valence-corrected chi connectivity index (χ1v) is 14.5. The predicted octanol–water partition coefficient (Wildman–Crippen LogP) is 3.59. The predicted molar refractivity (Wildman–Crippen MR) is 130 cm³/mol. The molecule has 3 heterocycles. The lowest BCUT2D eigenvalue weighted by Crippen LogP contribution is -2.43. The molecule has 2 saturated heterocycles. The third-order valence-corrected chi connectivity index (χ3v) is 9.41. The third kappa shape index (κ3) is 5.19. The van der Waals surface area contributed by atoms with Crippen LogP contribution in [0.25, 0.3) is 0 Å². The zero-order chi connectivity index (χ0) is 22.0. The maximum absolute atomic E-state index is 13.3. The zero-order valence-electron chi connectivity index (χ0n) is 18.8. The molecule has 2 fully saturated rings. The van der Waals surface area contributed by atoms with Crippen LogP contribution in [0, 0.1) is 6.92 Å². The van der Waals surface area contributed by atoms with Crippen LogP contribution in [0.5, 0.6) is 0 Å². The van der Waals surface area contributed by atoms with E-state index >= 15 is 0 Å². The van der Waals surface area contributed by atoms with Gasteiger partial charge >= 0.3 is 0 Å². The molecule has 0 atom stereocenters. The molecule has 3 N–H and O–H groups in total. The van der Waals surface area contributed by atoms with Crippen molar-refractivity contribution in [2.75, 3.05) is 60.2 Å². The van der Waals surface area contributed by atoms with Crippen LogP contribution in [0.1, 0.15) is 15.9 Å². The van der Waals surface area contributed by atoms with E-state index in [1.807, 2.05) is 25.1 Å². The van der Waals surface area contributed by atoms with Crippen LogP contribution in [0.15, 0.2) is 30.3 Å². The summed E-state index contributed by atoms with van der Waals surface area (Å²) in [5, 5.41) is 3.03. The Labute approximate surface area is 185 Å². The van der Waals surface area contributed by atoms with Crippen molar-refractivity contribution in [3.05, 3.63) is 41.5 Å². The lowest BCUT2D eigenvalue weighted by atomic mass is 10.1. The van der Waals surface area contributed by atoms with Gasteiger partial charge in [-0.15, -0.1) is 20.2 Å². The number of hydrogen-bond donors (Lipinski definition) is 2. The molecule has 1 amide bonds. The van der Waals surface area contributed by atoms with E-state index < -0.39 is 8.07 Å². The van der Waals surface area contributed by atoms with Crippen molar-refractivity contribution < 1.29 is 9.53 Å². The summed E-state index contributed by atoms with van der Waals surface area (Å²) in [5.74, 6) is 1.30. The highest BCUT2D eigenvalue weighted by atomic mass is 28.3. The molecule has 2 aliphatic heterocycles. The lowest BCUT2D eigenvalue weighted by molar-refractivity contribution is 0.102. The number of nitrogens with two attached hydrogens (primary N) is 1. The van der Waals surface area contributed by atoms with Gasteiger partial charge in [0.05, 0.1) is 24.5 Å². The van der Waals surface area contributed by atoms with Crippen LogP contribution < -0.4 is 20.9 Å². The molecule has 167 valence electrons. The van der Waals surface area contributed by atoms with E-state index in [1.54, 1.807) is 6.07 Å². The number of carbonyl (C=O) groups is 1. The summed E-state index contributed by atoms with van der Waals surface area (Å²) >= 11 is 0. The molecule has 8 heteroatoms. The van der Waals surface area contributed by atoms with Crippen LogP contribution in [-0.2, 0) is 4.74 Å². The molecule has 0 bridgehead atoms. The van der Waals surface area contributed by atoms with Gasteiger partial charge in [0.1, 0.15) is 11.6 Å². The largest absolute Gasteiger partial charge is 0.399 e. The van der Waals surface area contributed by atoms with Crippen LogP contribution in [0.4, 0.5) is 23.0 Å². The van der Waals surface area contributed by atoms with Crippen molar-refractivity contribution in [3.63, 3.8) is 0 Å². The van der Waals surface area contributed by atoms with E-state index in [0.29, 0.717) is 30.3 Å². The lowest BCUT2D eigenvalue weighted by Gasteiger charge is -2.45. The Balaban J connectivity index is 1.56. The van der Waals surface area contributed by atoms with Crippen molar-refractivity contribution in [1.29, 1.82) is 0 Å². The van der Waals surface area contributed by atoms with Gasteiger partial charge < -0.3 is 25.6 Å². The van der Waals surface area contributed by atoms with Crippen molar-refractivity contribution in [2.45, 2.75) is 32.1 Å². The van der Waals surface area contributed by atoms with Crippen LogP contribution >= 0.6 is 0 Å².